The van der Waals surface area contributed by atoms with Gasteiger partial charge >= 0.3 is 0 Å². The first-order valence-corrected chi connectivity index (χ1v) is 19.2. The lowest BCUT2D eigenvalue weighted by Gasteiger charge is -2.56. The first-order valence-electron chi connectivity index (χ1n) is 19.2. The van der Waals surface area contributed by atoms with Crippen LogP contribution in [0.3, 0.4) is 0 Å². The fourth-order valence-electron chi connectivity index (χ4n) is 10.5. The maximum Gasteiger partial charge on any atom is 0.163 e. The SMILES string of the molecule is c1ccc(-c2ccc(-c3nc(-c4ccc5c(c4)c4ccccc4oc4ccccc4c4ccccc45)nc(C45CC6CC(CC(C6)C4)C5)n3)cc2)cc1. The topological polar surface area (TPSA) is 51.8 Å². The lowest BCUT2D eigenvalue weighted by molar-refractivity contribution is -0.00938. The molecule has 6 aromatic carbocycles. The molecule has 2 heterocycles. The maximum atomic E-state index is 6.76. The van der Waals surface area contributed by atoms with E-state index in [2.05, 4.69) is 140 Å². The minimum Gasteiger partial charge on any atom is -0.456 e. The molecule has 4 aliphatic rings. The Balaban J connectivity index is 1.15. The summed E-state index contributed by atoms with van der Waals surface area (Å²) >= 11 is 0. The fraction of sp³-hybridized carbons (Fsp3) is 0.204. The van der Waals surface area contributed by atoms with Gasteiger partial charge in [-0.05, 0) is 107 Å². The number of benzene rings is 6. The van der Waals surface area contributed by atoms with Crippen LogP contribution in [0.25, 0.3) is 77.4 Å². The number of para-hydroxylation sites is 2. The van der Waals surface area contributed by atoms with Gasteiger partial charge in [-0.3, -0.25) is 0 Å². The Hall–Kier alpha value is -5.87. The van der Waals surface area contributed by atoms with E-state index in [0.717, 1.165) is 84.5 Å². The van der Waals surface area contributed by atoms with Crippen LogP contribution in [0.5, 0.6) is 0 Å². The highest BCUT2D eigenvalue weighted by Crippen LogP contribution is 2.60. The molecule has 4 saturated carbocycles. The van der Waals surface area contributed by atoms with E-state index in [4.69, 9.17) is 19.4 Å². The summed E-state index contributed by atoms with van der Waals surface area (Å²) in [5.41, 5.74) is 6.10. The minimum absolute atomic E-state index is 0.0256. The van der Waals surface area contributed by atoms with Gasteiger partial charge in [-0.2, -0.15) is 0 Å². The van der Waals surface area contributed by atoms with Crippen molar-refractivity contribution in [2.24, 2.45) is 17.8 Å². The van der Waals surface area contributed by atoms with Gasteiger partial charge in [0.2, 0.25) is 0 Å². The summed E-state index contributed by atoms with van der Waals surface area (Å²) in [5.74, 6) is 4.86. The van der Waals surface area contributed by atoms with Gasteiger partial charge in [0, 0.05) is 27.3 Å². The van der Waals surface area contributed by atoms with Crippen LogP contribution in [0.15, 0.2) is 150 Å². The quantitative estimate of drug-likeness (QED) is 0.185. The highest BCUT2D eigenvalue weighted by Gasteiger charge is 2.53. The van der Waals surface area contributed by atoms with E-state index in [-0.39, 0.29) is 5.41 Å². The molecule has 4 aliphatic carbocycles. The summed E-state index contributed by atoms with van der Waals surface area (Å²) in [7, 11) is 0. The average Bonchev–Trinajstić information content (AvgIpc) is 3.25. The molecule has 0 radical (unpaired) electrons. The van der Waals surface area contributed by atoms with E-state index in [1.54, 1.807) is 0 Å². The van der Waals surface area contributed by atoms with Crippen LogP contribution in [0.1, 0.15) is 44.3 Å². The Kier molecular flexibility index (Phi) is 7.01. The molecule has 4 fully saturated rings. The molecular formula is C49H39N3O. The molecule has 4 heteroatoms. The van der Waals surface area contributed by atoms with Gasteiger partial charge in [0.15, 0.2) is 11.6 Å². The van der Waals surface area contributed by atoms with Gasteiger partial charge in [-0.25, -0.2) is 15.0 Å². The summed E-state index contributed by atoms with van der Waals surface area (Å²) in [6, 6.07) is 51.4. The molecule has 4 nitrogen and oxygen atoms in total. The van der Waals surface area contributed by atoms with Crippen LogP contribution in [0.4, 0.5) is 0 Å². The molecule has 4 bridgehead atoms. The first-order chi connectivity index (χ1) is 26.2. The van der Waals surface area contributed by atoms with E-state index < -0.39 is 0 Å². The van der Waals surface area contributed by atoms with Gasteiger partial charge in [-0.1, -0.05) is 127 Å². The number of aromatic nitrogens is 3. The second-order valence-corrected chi connectivity index (χ2v) is 15.8. The largest absolute Gasteiger partial charge is 0.456 e. The van der Waals surface area contributed by atoms with Crippen molar-refractivity contribution in [2.45, 2.75) is 43.9 Å². The smallest absolute Gasteiger partial charge is 0.163 e. The molecule has 0 spiro atoms. The predicted octanol–water partition coefficient (Wildman–Crippen LogP) is 12.7. The van der Waals surface area contributed by atoms with Crippen molar-refractivity contribution >= 4 is 43.5 Å². The summed E-state index contributed by atoms with van der Waals surface area (Å²) in [6.07, 6.45) is 7.72. The number of rotatable bonds is 4. The van der Waals surface area contributed by atoms with Crippen LogP contribution >= 0.6 is 0 Å². The second kappa shape index (κ2) is 12.1. The molecule has 0 aliphatic heterocycles. The molecule has 0 unspecified atom stereocenters. The molecule has 53 heavy (non-hydrogen) atoms. The molecule has 12 rings (SSSR count). The summed E-state index contributed by atoms with van der Waals surface area (Å²) in [4.78, 5) is 16.2. The Morgan fingerprint density at radius 2 is 0.849 bits per heavy atom. The Labute approximate surface area is 308 Å². The second-order valence-electron chi connectivity index (χ2n) is 15.8. The number of nitrogens with zero attached hydrogens (tertiary/aromatic N) is 3. The standard InChI is InChI=1S/C49H39N3O/c1-2-10-34(11-3-1)35-18-20-36(21-19-35)46-50-47(52-48(51-46)49-28-31-24-32(29-49)26-33(25-31)30-49)37-22-23-40-38-12-4-5-13-39(38)41-14-6-8-16-44(41)53-45-17-9-7-15-42(45)43(40)27-37/h1-23,27,31-33H,24-26,28-30H2. The molecule has 0 N–H and O–H groups in total. The number of fused-ring (bicyclic) bond motifs is 7. The number of hydrogen-bond donors (Lipinski definition) is 0. The van der Waals surface area contributed by atoms with Gasteiger partial charge in [0.05, 0.1) is 0 Å². The third-order valence-electron chi connectivity index (χ3n) is 12.5. The van der Waals surface area contributed by atoms with Crippen molar-refractivity contribution in [1.82, 2.24) is 15.0 Å². The normalized spacial score (nSPS) is 21.8. The highest BCUT2D eigenvalue weighted by molar-refractivity contribution is 6.18. The fourth-order valence-corrected chi connectivity index (χ4v) is 10.5. The molecule has 8 aromatic rings. The van der Waals surface area contributed by atoms with Gasteiger partial charge < -0.3 is 4.42 Å². The van der Waals surface area contributed by atoms with E-state index in [0.29, 0.717) is 0 Å². The van der Waals surface area contributed by atoms with Crippen molar-refractivity contribution < 1.29 is 4.42 Å². The van der Waals surface area contributed by atoms with E-state index >= 15 is 0 Å². The van der Waals surface area contributed by atoms with E-state index in [1.165, 1.54) is 55.0 Å². The van der Waals surface area contributed by atoms with Crippen molar-refractivity contribution in [1.29, 1.82) is 0 Å². The predicted molar refractivity (Wildman–Crippen MR) is 216 cm³/mol. The van der Waals surface area contributed by atoms with Crippen LogP contribution in [-0.2, 0) is 5.41 Å². The Bertz CT molecular complexity index is 2730. The Morgan fingerprint density at radius 1 is 0.396 bits per heavy atom. The molecule has 0 atom stereocenters. The van der Waals surface area contributed by atoms with Crippen molar-refractivity contribution in [3.05, 3.63) is 151 Å². The summed E-state index contributed by atoms with van der Waals surface area (Å²) in [5, 5.41) is 6.70. The van der Waals surface area contributed by atoms with E-state index in [9.17, 15) is 0 Å². The van der Waals surface area contributed by atoms with Gasteiger partial charge in [0.25, 0.3) is 0 Å². The molecule has 0 amide bonds. The lowest BCUT2D eigenvalue weighted by atomic mass is 9.49. The van der Waals surface area contributed by atoms with Crippen LogP contribution in [0, 0.1) is 17.8 Å². The maximum absolute atomic E-state index is 6.76. The van der Waals surface area contributed by atoms with Crippen LogP contribution in [-0.4, -0.2) is 15.0 Å². The molecular weight excluding hydrogens is 647 g/mol. The van der Waals surface area contributed by atoms with E-state index in [1.807, 2.05) is 6.07 Å². The zero-order valence-corrected chi connectivity index (χ0v) is 29.6. The molecule has 0 saturated heterocycles. The zero-order valence-electron chi connectivity index (χ0n) is 29.6. The molecule has 2 aromatic heterocycles. The third-order valence-corrected chi connectivity index (χ3v) is 12.5. The third kappa shape index (κ3) is 5.22. The monoisotopic (exact) mass is 685 g/mol. The van der Waals surface area contributed by atoms with Crippen LogP contribution < -0.4 is 0 Å². The summed E-state index contributed by atoms with van der Waals surface area (Å²) in [6.45, 7) is 0. The average molecular weight is 686 g/mol. The zero-order chi connectivity index (χ0) is 34.9. The molecule has 256 valence electrons. The number of hydrogen-bond acceptors (Lipinski definition) is 4. The summed E-state index contributed by atoms with van der Waals surface area (Å²) < 4.78 is 6.76. The van der Waals surface area contributed by atoms with Gasteiger partial charge in [0.1, 0.15) is 17.0 Å². The lowest BCUT2D eigenvalue weighted by Crippen LogP contribution is -2.49. The minimum atomic E-state index is 0.0256. The Morgan fingerprint density at radius 3 is 1.49 bits per heavy atom. The van der Waals surface area contributed by atoms with Crippen LogP contribution in [0.2, 0.25) is 0 Å². The van der Waals surface area contributed by atoms with Gasteiger partial charge in [-0.15, -0.1) is 0 Å². The highest BCUT2D eigenvalue weighted by atomic mass is 16.3. The first kappa shape index (κ1) is 30.7. The van der Waals surface area contributed by atoms with Crippen molar-refractivity contribution in [3.63, 3.8) is 0 Å². The van der Waals surface area contributed by atoms with Crippen molar-refractivity contribution in [2.75, 3.05) is 0 Å². The van der Waals surface area contributed by atoms with Crippen molar-refractivity contribution in [3.8, 4) is 33.9 Å².